The first-order valence-corrected chi connectivity index (χ1v) is 9.47. The van der Waals surface area contributed by atoms with Gasteiger partial charge in [-0.2, -0.15) is 0 Å². The third-order valence-electron chi connectivity index (χ3n) is 4.66. The zero-order valence-corrected chi connectivity index (χ0v) is 16.1. The summed E-state index contributed by atoms with van der Waals surface area (Å²) < 4.78 is 10.8. The fourth-order valence-corrected chi connectivity index (χ4v) is 3.23. The highest BCUT2D eigenvalue weighted by Crippen LogP contribution is 2.30. The fraction of sp³-hybridized carbons (Fsp3) is 0.333. The topological polar surface area (TPSA) is 99.0 Å². The number of hydrogen-bond acceptors (Lipinski definition) is 6. The van der Waals surface area contributed by atoms with E-state index in [4.69, 9.17) is 9.47 Å². The van der Waals surface area contributed by atoms with Crippen LogP contribution in [0, 0.1) is 10.1 Å². The van der Waals surface area contributed by atoms with E-state index in [9.17, 15) is 19.7 Å². The molecular formula is C21H22N2O6. The summed E-state index contributed by atoms with van der Waals surface area (Å²) in [5.41, 5.74) is 0.205. The summed E-state index contributed by atoms with van der Waals surface area (Å²) in [5.74, 6) is -1.03. The predicted octanol–water partition coefficient (Wildman–Crippen LogP) is 3.51. The quantitative estimate of drug-likeness (QED) is 0.402. The van der Waals surface area contributed by atoms with Crippen LogP contribution in [0.1, 0.15) is 41.8 Å². The van der Waals surface area contributed by atoms with Crippen molar-refractivity contribution in [3.8, 4) is 5.75 Å². The lowest BCUT2D eigenvalue weighted by molar-refractivity contribution is -0.385. The highest BCUT2D eigenvalue weighted by molar-refractivity contribution is 5.93. The number of nitrogens with zero attached hydrogens (tertiary/aromatic N) is 2. The van der Waals surface area contributed by atoms with Gasteiger partial charge in [-0.25, -0.2) is 4.79 Å². The summed E-state index contributed by atoms with van der Waals surface area (Å²) >= 11 is 0. The zero-order chi connectivity index (χ0) is 20.8. The van der Waals surface area contributed by atoms with Gasteiger partial charge in [-0.05, 0) is 31.9 Å². The number of amides is 1. The maximum atomic E-state index is 12.9. The number of carbonyl (C=O) groups is 2. The van der Waals surface area contributed by atoms with Crippen molar-refractivity contribution >= 4 is 17.6 Å². The average molecular weight is 398 g/mol. The van der Waals surface area contributed by atoms with Crippen molar-refractivity contribution in [3.63, 3.8) is 0 Å². The molecule has 0 aliphatic carbocycles. The van der Waals surface area contributed by atoms with Crippen LogP contribution in [0.3, 0.4) is 0 Å². The van der Waals surface area contributed by atoms with Crippen molar-refractivity contribution in [2.24, 2.45) is 0 Å². The highest BCUT2D eigenvalue weighted by Gasteiger charge is 2.31. The number of likely N-dealkylation sites (tertiary alicyclic amines) is 1. The van der Waals surface area contributed by atoms with Crippen LogP contribution in [0.15, 0.2) is 48.5 Å². The first kappa shape index (κ1) is 20.3. The van der Waals surface area contributed by atoms with Crippen LogP contribution in [0.2, 0.25) is 0 Å². The van der Waals surface area contributed by atoms with Crippen LogP contribution >= 0.6 is 0 Å². The van der Waals surface area contributed by atoms with Crippen molar-refractivity contribution in [1.82, 2.24) is 4.90 Å². The van der Waals surface area contributed by atoms with Crippen LogP contribution in [0.25, 0.3) is 0 Å². The molecule has 1 atom stereocenters. The van der Waals surface area contributed by atoms with Gasteiger partial charge >= 0.3 is 11.7 Å². The second-order valence-electron chi connectivity index (χ2n) is 6.60. The Labute approximate surface area is 168 Å². The van der Waals surface area contributed by atoms with E-state index in [1.54, 1.807) is 42.2 Å². The summed E-state index contributed by atoms with van der Waals surface area (Å²) in [6, 6.07) is 12.6. The van der Waals surface area contributed by atoms with Crippen molar-refractivity contribution < 1.29 is 24.0 Å². The largest absolute Gasteiger partial charge is 0.487 e. The Morgan fingerprint density at radius 1 is 1.14 bits per heavy atom. The zero-order valence-electron chi connectivity index (χ0n) is 16.1. The molecular weight excluding hydrogens is 376 g/mol. The van der Waals surface area contributed by atoms with E-state index >= 15 is 0 Å². The second kappa shape index (κ2) is 9.18. The molecule has 2 aromatic rings. The molecule has 0 spiro atoms. The molecule has 0 N–H and O–H groups in total. The van der Waals surface area contributed by atoms with Crippen molar-refractivity contribution in [2.45, 2.75) is 25.9 Å². The number of nitro groups is 1. The molecule has 1 aliphatic heterocycles. The maximum Gasteiger partial charge on any atom is 0.339 e. The van der Waals surface area contributed by atoms with Gasteiger partial charge < -0.3 is 14.4 Å². The molecule has 3 rings (SSSR count). The first-order valence-electron chi connectivity index (χ1n) is 9.47. The van der Waals surface area contributed by atoms with Crippen LogP contribution in [-0.4, -0.2) is 41.4 Å². The van der Waals surface area contributed by atoms with Gasteiger partial charge in [0.25, 0.3) is 5.91 Å². The number of ether oxygens (including phenoxy) is 2. The molecule has 0 saturated carbocycles. The summed E-state index contributed by atoms with van der Waals surface area (Å²) in [5, 5.41) is 11.3. The molecule has 1 amide bonds. The van der Waals surface area contributed by atoms with Crippen molar-refractivity contribution in [1.29, 1.82) is 0 Å². The first-order chi connectivity index (χ1) is 14.0. The molecule has 0 bridgehead atoms. The van der Waals surface area contributed by atoms with Gasteiger partial charge in [-0.15, -0.1) is 0 Å². The Hall–Kier alpha value is -3.42. The van der Waals surface area contributed by atoms with Gasteiger partial charge in [-0.1, -0.05) is 30.3 Å². The number of hydrogen-bond donors (Lipinski definition) is 0. The molecule has 1 heterocycles. The average Bonchev–Trinajstić information content (AvgIpc) is 3.27. The molecule has 0 unspecified atom stereocenters. The van der Waals surface area contributed by atoms with Gasteiger partial charge in [-0.3, -0.25) is 14.9 Å². The van der Waals surface area contributed by atoms with Crippen LogP contribution in [0.4, 0.5) is 5.69 Å². The van der Waals surface area contributed by atoms with E-state index in [0.717, 1.165) is 18.9 Å². The third-order valence-corrected chi connectivity index (χ3v) is 4.66. The molecule has 0 radical (unpaired) electrons. The molecule has 1 fully saturated rings. The van der Waals surface area contributed by atoms with E-state index in [2.05, 4.69) is 0 Å². The minimum absolute atomic E-state index is 0.0182. The van der Waals surface area contributed by atoms with Crippen molar-refractivity contribution in [2.75, 3.05) is 19.7 Å². The molecule has 8 nitrogen and oxygen atoms in total. The van der Waals surface area contributed by atoms with Gasteiger partial charge in [0.1, 0.15) is 0 Å². The lowest BCUT2D eigenvalue weighted by Gasteiger charge is -2.23. The van der Waals surface area contributed by atoms with E-state index < -0.39 is 17.0 Å². The summed E-state index contributed by atoms with van der Waals surface area (Å²) in [6.07, 6.45) is 0.714. The lowest BCUT2D eigenvalue weighted by atomic mass is 10.1. The number of esters is 1. The summed E-state index contributed by atoms with van der Waals surface area (Å²) in [7, 11) is 0. The number of carbonyl (C=O) groups excluding carboxylic acids is 2. The second-order valence-corrected chi connectivity index (χ2v) is 6.60. The van der Waals surface area contributed by atoms with E-state index in [1.165, 1.54) is 12.1 Å². The Balaban J connectivity index is 1.87. The smallest absolute Gasteiger partial charge is 0.339 e. The predicted molar refractivity (Wildman–Crippen MR) is 105 cm³/mol. The highest BCUT2D eigenvalue weighted by atomic mass is 16.6. The Morgan fingerprint density at radius 2 is 1.83 bits per heavy atom. The molecule has 152 valence electrons. The summed E-state index contributed by atoms with van der Waals surface area (Å²) in [6.45, 7) is 3.20. The maximum absolute atomic E-state index is 12.9. The van der Waals surface area contributed by atoms with E-state index in [-0.39, 0.29) is 29.5 Å². The Kier molecular flexibility index (Phi) is 6.43. The summed E-state index contributed by atoms with van der Waals surface area (Å²) in [4.78, 5) is 38.0. The standard InChI is InChI=1S/C21H22N2O6/c1-2-28-18-11-10-16(14-17(18)23(26)27)21(25)29-19(15-8-4-3-5-9-15)20(24)22-12-6-7-13-22/h3-5,8-11,14,19H,2,6-7,12-13H2,1H3/t19-/m0/s1. The van der Waals surface area contributed by atoms with Crippen LogP contribution < -0.4 is 4.74 Å². The van der Waals surface area contributed by atoms with Gasteiger partial charge in [0.15, 0.2) is 5.75 Å². The van der Waals surface area contributed by atoms with Gasteiger partial charge in [0.05, 0.1) is 17.1 Å². The van der Waals surface area contributed by atoms with Crippen LogP contribution in [0.5, 0.6) is 5.75 Å². The molecule has 29 heavy (non-hydrogen) atoms. The molecule has 1 saturated heterocycles. The Bertz CT molecular complexity index is 893. The van der Waals surface area contributed by atoms with Gasteiger partial charge in [0, 0.05) is 24.7 Å². The van der Waals surface area contributed by atoms with E-state index in [0.29, 0.717) is 18.7 Å². The minimum atomic E-state index is -1.10. The molecule has 2 aromatic carbocycles. The number of rotatable bonds is 7. The van der Waals surface area contributed by atoms with Crippen molar-refractivity contribution in [3.05, 3.63) is 69.8 Å². The SMILES string of the molecule is CCOc1ccc(C(=O)O[C@H](C(=O)N2CCCC2)c2ccccc2)cc1[N+](=O)[O-]. The normalized spacial score (nSPS) is 14.3. The number of benzene rings is 2. The van der Waals surface area contributed by atoms with E-state index in [1.807, 2.05) is 0 Å². The lowest BCUT2D eigenvalue weighted by Crippen LogP contribution is -2.34. The van der Waals surface area contributed by atoms with Gasteiger partial charge in [0.2, 0.25) is 6.10 Å². The molecule has 8 heteroatoms. The molecule has 1 aliphatic rings. The monoisotopic (exact) mass is 398 g/mol. The third kappa shape index (κ3) is 4.71. The molecule has 0 aromatic heterocycles. The van der Waals surface area contributed by atoms with Crippen LogP contribution in [-0.2, 0) is 9.53 Å². The fourth-order valence-electron chi connectivity index (χ4n) is 3.23. The number of nitro benzene ring substituents is 1. The minimum Gasteiger partial charge on any atom is -0.487 e. The Morgan fingerprint density at radius 3 is 2.45 bits per heavy atom.